The smallest absolute Gasteiger partial charge is 0.124 e. The normalized spacial score (nSPS) is 15.1. The molecule has 0 radical (unpaired) electrons. The van der Waals surface area contributed by atoms with Crippen LogP contribution in [0.2, 0.25) is 0 Å². The molecule has 32 heavy (non-hydrogen) atoms. The van der Waals surface area contributed by atoms with Gasteiger partial charge in [0.1, 0.15) is 5.75 Å². The van der Waals surface area contributed by atoms with Gasteiger partial charge in [0.2, 0.25) is 0 Å². The third-order valence-electron chi connectivity index (χ3n) is 6.64. The van der Waals surface area contributed by atoms with Crippen LogP contribution in [0, 0.1) is 11.3 Å². The van der Waals surface area contributed by atoms with Crippen molar-refractivity contribution < 1.29 is 4.74 Å². The van der Waals surface area contributed by atoms with Crippen molar-refractivity contribution in [3.05, 3.63) is 42.0 Å². The lowest BCUT2D eigenvalue weighted by Crippen LogP contribution is -2.46. The molecule has 1 saturated heterocycles. The fraction of sp³-hybridized carbons (Fsp3) is 0.607. The fourth-order valence-electron chi connectivity index (χ4n) is 4.64. The summed E-state index contributed by atoms with van der Waals surface area (Å²) in [6.45, 7) is 9.09. The number of fused-ring (bicyclic) bond motifs is 1. The van der Waals surface area contributed by atoms with Gasteiger partial charge in [0.15, 0.2) is 0 Å². The molecule has 1 aliphatic heterocycles. The summed E-state index contributed by atoms with van der Waals surface area (Å²) in [6.07, 6.45) is 11.2. The lowest BCUT2D eigenvalue weighted by atomic mass is 10.0. The molecule has 2 aromatic carbocycles. The Labute approximate surface area is 195 Å². The first kappa shape index (κ1) is 24.6. The Bertz CT molecular complexity index is 836. The number of hydrogen-bond acceptors (Lipinski definition) is 4. The number of piperazine rings is 1. The number of nitrogens with zero attached hydrogens (tertiary/aromatic N) is 3. The van der Waals surface area contributed by atoms with Gasteiger partial charge < -0.3 is 4.74 Å². The highest BCUT2D eigenvalue weighted by molar-refractivity contribution is 5.87. The second kappa shape index (κ2) is 14.1. The molecule has 174 valence electrons. The van der Waals surface area contributed by atoms with Crippen LogP contribution in [0.3, 0.4) is 0 Å². The number of nitriles is 1. The summed E-state index contributed by atoms with van der Waals surface area (Å²) in [5, 5.41) is 11.4. The van der Waals surface area contributed by atoms with Crippen LogP contribution in [0.15, 0.2) is 36.4 Å². The SMILES string of the molecule is CCCCCCCCCCOc1ccc2ccccc2c1CN1CCN(CCC#N)CC1. The van der Waals surface area contributed by atoms with E-state index in [-0.39, 0.29) is 0 Å². The molecule has 4 nitrogen and oxygen atoms in total. The number of ether oxygens (including phenoxy) is 1. The Kier molecular flexibility index (Phi) is 10.8. The molecule has 0 aromatic heterocycles. The van der Waals surface area contributed by atoms with Gasteiger partial charge in [-0.3, -0.25) is 9.80 Å². The minimum Gasteiger partial charge on any atom is -0.493 e. The largest absolute Gasteiger partial charge is 0.493 e. The van der Waals surface area contributed by atoms with Gasteiger partial charge in [-0.15, -0.1) is 0 Å². The van der Waals surface area contributed by atoms with Gasteiger partial charge in [-0.2, -0.15) is 5.26 Å². The molecule has 0 N–H and O–H groups in total. The Balaban J connectivity index is 1.53. The van der Waals surface area contributed by atoms with E-state index in [1.54, 1.807) is 0 Å². The van der Waals surface area contributed by atoms with E-state index >= 15 is 0 Å². The van der Waals surface area contributed by atoms with Gasteiger partial charge in [-0.1, -0.05) is 82.2 Å². The molecule has 4 heteroatoms. The highest BCUT2D eigenvalue weighted by Crippen LogP contribution is 2.30. The fourth-order valence-corrected chi connectivity index (χ4v) is 4.64. The number of rotatable bonds is 14. The molecule has 0 spiro atoms. The summed E-state index contributed by atoms with van der Waals surface area (Å²) in [4.78, 5) is 4.94. The first-order valence-corrected chi connectivity index (χ1v) is 12.8. The number of benzene rings is 2. The molecule has 1 aliphatic rings. The summed E-state index contributed by atoms with van der Waals surface area (Å²) in [5.41, 5.74) is 1.33. The second-order valence-electron chi connectivity index (χ2n) is 9.11. The minimum absolute atomic E-state index is 0.625. The maximum absolute atomic E-state index is 8.84. The van der Waals surface area contributed by atoms with E-state index in [1.807, 2.05) is 0 Å². The van der Waals surface area contributed by atoms with Crippen LogP contribution in [0.1, 0.15) is 70.3 Å². The second-order valence-corrected chi connectivity index (χ2v) is 9.11. The first-order valence-electron chi connectivity index (χ1n) is 12.8. The quantitative estimate of drug-likeness (QED) is 0.322. The van der Waals surface area contributed by atoms with Crippen LogP contribution in [-0.2, 0) is 6.54 Å². The summed E-state index contributed by atoms with van der Waals surface area (Å²) in [7, 11) is 0. The predicted octanol–water partition coefficient (Wildman–Crippen LogP) is 6.39. The van der Waals surface area contributed by atoms with E-state index in [2.05, 4.69) is 59.2 Å². The highest BCUT2D eigenvalue weighted by atomic mass is 16.5. The highest BCUT2D eigenvalue weighted by Gasteiger charge is 2.19. The van der Waals surface area contributed by atoms with Gasteiger partial charge in [0.05, 0.1) is 12.7 Å². The summed E-state index contributed by atoms with van der Waals surface area (Å²) in [5.74, 6) is 1.05. The van der Waals surface area contributed by atoms with Crippen LogP contribution >= 0.6 is 0 Å². The van der Waals surface area contributed by atoms with Crippen molar-refractivity contribution in [2.45, 2.75) is 71.3 Å². The van der Waals surface area contributed by atoms with Crippen LogP contribution in [0.4, 0.5) is 0 Å². The third-order valence-corrected chi connectivity index (χ3v) is 6.64. The Morgan fingerprint density at radius 1 is 0.844 bits per heavy atom. The minimum atomic E-state index is 0.625. The summed E-state index contributed by atoms with van der Waals surface area (Å²) < 4.78 is 6.33. The van der Waals surface area contributed by atoms with Gasteiger partial charge in [-0.05, 0) is 23.3 Å². The Hall–Kier alpha value is -2.09. The number of hydrogen-bond donors (Lipinski definition) is 0. The third kappa shape index (κ3) is 7.80. The lowest BCUT2D eigenvalue weighted by Gasteiger charge is -2.34. The molecule has 0 saturated carbocycles. The van der Waals surface area contributed by atoms with E-state index < -0.39 is 0 Å². The maximum atomic E-state index is 8.84. The van der Waals surface area contributed by atoms with Crippen molar-refractivity contribution in [1.82, 2.24) is 9.80 Å². The van der Waals surface area contributed by atoms with Gasteiger partial charge >= 0.3 is 0 Å². The lowest BCUT2D eigenvalue weighted by molar-refractivity contribution is 0.128. The maximum Gasteiger partial charge on any atom is 0.124 e. The molecule has 0 atom stereocenters. The molecule has 0 unspecified atom stereocenters. The van der Waals surface area contributed by atoms with Crippen molar-refractivity contribution in [1.29, 1.82) is 5.26 Å². The van der Waals surface area contributed by atoms with Crippen LogP contribution < -0.4 is 4.74 Å². The standard InChI is InChI=1S/C28H41N3O/c1-2-3-4-5-6-7-8-11-23-32-28-16-15-25-13-9-10-14-26(25)27(28)24-31-21-19-30(20-22-31)18-12-17-29/h9-10,13-16H,2-8,11-12,18-24H2,1H3. The summed E-state index contributed by atoms with van der Waals surface area (Å²) in [6, 6.07) is 15.3. The summed E-state index contributed by atoms with van der Waals surface area (Å²) >= 11 is 0. The van der Waals surface area contributed by atoms with E-state index in [0.717, 1.165) is 58.0 Å². The molecule has 3 rings (SSSR count). The van der Waals surface area contributed by atoms with Crippen LogP contribution in [0.25, 0.3) is 10.8 Å². The molecular weight excluding hydrogens is 394 g/mol. The van der Waals surface area contributed by atoms with Crippen molar-refractivity contribution in [2.24, 2.45) is 0 Å². The Morgan fingerprint density at radius 3 is 2.28 bits per heavy atom. The van der Waals surface area contributed by atoms with E-state index in [0.29, 0.717) is 6.42 Å². The first-order chi connectivity index (χ1) is 15.8. The molecule has 0 amide bonds. The van der Waals surface area contributed by atoms with Crippen molar-refractivity contribution in [3.63, 3.8) is 0 Å². The zero-order chi connectivity index (χ0) is 22.4. The van der Waals surface area contributed by atoms with Crippen molar-refractivity contribution >= 4 is 10.8 Å². The monoisotopic (exact) mass is 435 g/mol. The Morgan fingerprint density at radius 2 is 1.53 bits per heavy atom. The van der Waals surface area contributed by atoms with Gasteiger partial charge in [0.25, 0.3) is 0 Å². The van der Waals surface area contributed by atoms with E-state index in [1.165, 1.54) is 61.3 Å². The average molecular weight is 436 g/mol. The molecule has 2 aromatic rings. The number of unbranched alkanes of at least 4 members (excludes halogenated alkanes) is 7. The van der Waals surface area contributed by atoms with Crippen molar-refractivity contribution in [2.75, 3.05) is 39.3 Å². The molecule has 0 bridgehead atoms. The topological polar surface area (TPSA) is 39.5 Å². The zero-order valence-electron chi connectivity index (χ0n) is 20.0. The van der Waals surface area contributed by atoms with Gasteiger partial charge in [-0.25, -0.2) is 0 Å². The molecule has 0 aliphatic carbocycles. The zero-order valence-corrected chi connectivity index (χ0v) is 20.0. The van der Waals surface area contributed by atoms with Crippen LogP contribution in [-0.4, -0.2) is 49.1 Å². The van der Waals surface area contributed by atoms with Gasteiger partial charge in [0, 0.05) is 51.3 Å². The molecule has 1 fully saturated rings. The van der Waals surface area contributed by atoms with Crippen molar-refractivity contribution in [3.8, 4) is 11.8 Å². The van der Waals surface area contributed by atoms with E-state index in [4.69, 9.17) is 10.00 Å². The van der Waals surface area contributed by atoms with Crippen LogP contribution in [0.5, 0.6) is 5.75 Å². The van der Waals surface area contributed by atoms with E-state index in [9.17, 15) is 0 Å². The predicted molar refractivity (Wildman–Crippen MR) is 134 cm³/mol. The molecule has 1 heterocycles. The average Bonchev–Trinajstić information content (AvgIpc) is 2.83. The molecular formula is C28H41N3O.